The third-order valence-electron chi connectivity index (χ3n) is 4.13. The molecule has 2 heteroatoms. The highest BCUT2D eigenvalue weighted by Crippen LogP contribution is 2.36. The van der Waals surface area contributed by atoms with Crippen molar-refractivity contribution >= 4 is 0 Å². The molecular weight excluding hydrogens is 244 g/mol. The van der Waals surface area contributed by atoms with E-state index in [1.807, 2.05) is 6.07 Å². The highest BCUT2D eigenvalue weighted by Gasteiger charge is 2.31. The van der Waals surface area contributed by atoms with E-state index in [1.165, 1.54) is 16.7 Å². The quantitative estimate of drug-likeness (QED) is 0.640. The van der Waals surface area contributed by atoms with Gasteiger partial charge in [-0.1, -0.05) is 75.4 Å². The second kappa shape index (κ2) is 6.21. The highest BCUT2D eigenvalue weighted by atomic mass is 15.2. The minimum atomic E-state index is -0.0796. The number of aryl methyl sites for hydroxylation is 1. The van der Waals surface area contributed by atoms with Gasteiger partial charge in [-0.05, 0) is 23.1 Å². The van der Waals surface area contributed by atoms with Crippen LogP contribution in [-0.4, -0.2) is 0 Å². The number of hydrazine groups is 1. The van der Waals surface area contributed by atoms with E-state index in [1.54, 1.807) is 0 Å². The maximum atomic E-state index is 5.85. The van der Waals surface area contributed by atoms with Crippen LogP contribution in [0.3, 0.4) is 0 Å². The first kappa shape index (κ1) is 14.8. The van der Waals surface area contributed by atoms with E-state index in [9.17, 15) is 0 Å². The van der Waals surface area contributed by atoms with Crippen LogP contribution in [0.5, 0.6) is 0 Å². The van der Waals surface area contributed by atoms with Gasteiger partial charge in [0.25, 0.3) is 0 Å². The van der Waals surface area contributed by atoms with Crippen LogP contribution < -0.4 is 11.3 Å². The van der Waals surface area contributed by atoms with Gasteiger partial charge in [0.2, 0.25) is 0 Å². The summed E-state index contributed by atoms with van der Waals surface area (Å²) < 4.78 is 0. The maximum absolute atomic E-state index is 5.85. The van der Waals surface area contributed by atoms with Gasteiger partial charge in [0.05, 0.1) is 6.04 Å². The molecule has 0 aromatic heterocycles. The average molecular weight is 268 g/mol. The van der Waals surface area contributed by atoms with E-state index in [0.29, 0.717) is 0 Å². The fourth-order valence-electron chi connectivity index (χ4n) is 2.70. The Kier molecular flexibility index (Phi) is 4.58. The third-order valence-corrected chi connectivity index (χ3v) is 4.13. The zero-order valence-corrected chi connectivity index (χ0v) is 12.6. The van der Waals surface area contributed by atoms with Gasteiger partial charge in [-0.15, -0.1) is 0 Å². The summed E-state index contributed by atoms with van der Waals surface area (Å²) in [6, 6.07) is 19.3. The topological polar surface area (TPSA) is 38.0 Å². The van der Waals surface area contributed by atoms with E-state index >= 15 is 0 Å². The molecule has 2 rings (SSSR count). The van der Waals surface area contributed by atoms with Crippen molar-refractivity contribution in [2.45, 2.75) is 38.6 Å². The molecule has 106 valence electrons. The molecule has 0 heterocycles. The van der Waals surface area contributed by atoms with Crippen molar-refractivity contribution in [3.05, 3.63) is 71.3 Å². The van der Waals surface area contributed by atoms with E-state index in [0.717, 1.165) is 6.42 Å². The molecule has 0 aliphatic heterocycles. The summed E-state index contributed by atoms with van der Waals surface area (Å²) in [5.74, 6) is 5.85. The number of nitrogens with one attached hydrogen (secondary N) is 1. The van der Waals surface area contributed by atoms with Gasteiger partial charge in [0, 0.05) is 5.41 Å². The molecule has 2 aromatic carbocycles. The van der Waals surface area contributed by atoms with Gasteiger partial charge in [0.15, 0.2) is 0 Å². The molecule has 0 saturated heterocycles. The molecule has 0 bridgehead atoms. The Bertz CT molecular complexity index is 529. The molecule has 0 saturated carbocycles. The van der Waals surface area contributed by atoms with Crippen LogP contribution in [-0.2, 0) is 11.8 Å². The largest absolute Gasteiger partial charge is 0.271 e. The molecule has 1 unspecified atom stereocenters. The van der Waals surface area contributed by atoms with Crippen LogP contribution >= 0.6 is 0 Å². The fourth-order valence-corrected chi connectivity index (χ4v) is 2.70. The fraction of sp³-hybridized carbons (Fsp3) is 0.333. The lowest BCUT2D eigenvalue weighted by atomic mass is 9.75. The van der Waals surface area contributed by atoms with E-state index < -0.39 is 0 Å². The van der Waals surface area contributed by atoms with Crippen LogP contribution in [0.15, 0.2) is 54.6 Å². The monoisotopic (exact) mass is 268 g/mol. The standard InChI is InChI=1S/C18H24N2/c1-4-14-10-12-15(13-11-14)17(20-19)18(2,3)16-8-6-5-7-9-16/h5-13,17,20H,4,19H2,1-3H3. The lowest BCUT2D eigenvalue weighted by Gasteiger charge is -2.35. The second-order valence-electron chi connectivity index (χ2n) is 5.78. The average Bonchev–Trinajstić information content (AvgIpc) is 2.49. The molecule has 0 spiro atoms. The normalized spacial score (nSPS) is 13.2. The van der Waals surface area contributed by atoms with Crippen LogP contribution in [0, 0.1) is 0 Å². The lowest BCUT2D eigenvalue weighted by molar-refractivity contribution is 0.353. The van der Waals surface area contributed by atoms with Crippen LogP contribution in [0.2, 0.25) is 0 Å². The van der Waals surface area contributed by atoms with Crippen molar-refractivity contribution in [1.82, 2.24) is 5.43 Å². The maximum Gasteiger partial charge on any atom is 0.0551 e. The molecule has 0 fully saturated rings. The number of nitrogens with two attached hydrogens (primary N) is 1. The van der Waals surface area contributed by atoms with Crippen LogP contribution in [0.4, 0.5) is 0 Å². The van der Waals surface area contributed by atoms with Gasteiger partial charge in [-0.2, -0.15) is 0 Å². The molecule has 2 nitrogen and oxygen atoms in total. The number of hydrogen-bond donors (Lipinski definition) is 2. The Morgan fingerprint density at radius 1 is 1.00 bits per heavy atom. The third kappa shape index (κ3) is 2.92. The van der Waals surface area contributed by atoms with Crippen LogP contribution in [0.25, 0.3) is 0 Å². The molecule has 20 heavy (non-hydrogen) atoms. The van der Waals surface area contributed by atoms with E-state index in [4.69, 9.17) is 5.84 Å². The van der Waals surface area contributed by atoms with Crippen molar-refractivity contribution in [3.63, 3.8) is 0 Å². The van der Waals surface area contributed by atoms with Crippen molar-refractivity contribution in [3.8, 4) is 0 Å². The molecule has 1 atom stereocenters. The molecular formula is C18H24N2. The summed E-state index contributed by atoms with van der Waals surface area (Å²) in [6.07, 6.45) is 1.06. The number of hydrogen-bond acceptors (Lipinski definition) is 2. The lowest BCUT2D eigenvalue weighted by Crippen LogP contribution is -2.41. The summed E-state index contributed by atoms with van der Waals surface area (Å²) >= 11 is 0. The predicted octanol–water partition coefficient (Wildman–Crippen LogP) is 3.73. The van der Waals surface area contributed by atoms with Crippen molar-refractivity contribution in [2.75, 3.05) is 0 Å². The molecule has 2 aromatic rings. The molecule has 3 N–H and O–H groups in total. The predicted molar refractivity (Wildman–Crippen MR) is 85.4 cm³/mol. The summed E-state index contributed by atoms with van der Waals surface area (Å²) in [4.78, 5) is 0. The van der Waals surface area contributed by atoms with Gasteiger partial charge in [0.1, 0.15) is 0 Å². The zero-order chi connectivity index (χ0) is 14.6. The Labute approximate surface area is 122 Å². The summed E-state index contributed by atoms with van der Waals surface area (Å²) in [6.45, 7) is 6.61. The number of benzene rings is 2. The first-order valence-corrected chi connectivity index (χ1v) is 7.20. The first-order chi connectivity index (χ1) is 9.59. The van der Waals surface area contributed by atoms with Gasteiger partial charge < -0.3 is 0 Å². The van der Waals surface area contributed by atoms with Gasteiger partial charge in [-0.25, -0.2) is 0 Å². The summed E-state index contributed by atoms with van der Waals surface area (Å²) in [5.41, 5.74) is 6.77. The number of rotatable bonds is 5. The first-order valence-electron chi connectivity index (χ1n) is 7.20. The second-order valence-corrected chi connectivity index (χ2v) is 5.78. The Morgan fingerprint density at radius 3 is 2.10 bits per heavy atom. The molecule has 0 radical (unpaired) electrons. The van der Waals surface area contributed by atoms with Gasteiger partial charge >= 0.3 is 0 Å². The summed E-state index contributed by atoms with van der Waals surface area (Å²) in [5, 5.41) is 0. The Morgan fingerprint density at radius 2 is 1.60 bits per heavy atom. The van der Waals surface area contributed by atoms with Crippen molar-refractivity contribution in [2.24, 2.45) is 5.84 Å². The summed E-state index contributed by atoms with van der Waals surface area (Å²) in [7, 11) is 0. The van der Waals surface area contributed by atoms with Crippen molar-refractivity contribution in [1.29, 1.82) is 0 Å². The molecule has 0 aliphatic carbocycles. The minimum Gasteiger partial charge on any atom is -0.271 e. The van der Waals surface area contributed by atoms with Gasteiger partial charge in [-0.3, -0.25) is 11.3 Å². The van der Waals surface area contributed by atoms with E-state index in [2.05, 4.69) is 74.7 Å². The Balaban J connectivity index is 2.35. The smallest absolute Gasteiger partial charge is 0.0551 e. The minimum absolute atomic E-state index is 0.0795. The molecule has 0 amide bonds. The SMILES string of the molecule is CCc1ccc(C(NN)C(C)(C)c2ccccc2)cc1. The zero-order valence-electron chi connectivity index (χ0n) is 12.6. The van der Waals surface area contributed by atoms with E-state index in [-0.39, 0.29) is 11.5 Å². The molecule has 0 aliphatic rings. The van der Waals surface area contributed by atoms with Crippen molar-refractivity contribution < 1.29 is 0 Å². The Hall–Kier alpha value is -1.64. The van der Waals surface area contributed by atoms with Crippen LogP contribution in [0.1, 0.15) is 43.5 Å². The highest BCUT2D eigenvalue weighted by molar-refractivity contribution is 5.33.